The van der Waals surface area contributed by atoms with Crippen LogP contribution in [0.2, 0.25) is 5.02 Å². The van der Waals surface area contributed by atoms with Gasteiger partial charge in [-0.15, -0.1) is 11.3 Å². The maximum atomic E-state index is 14.5. The molecule has 0 saturated heterocycles. The maximum absolute atomic E-state index is 14.5. The first-order chi connectivity index (χ1) is 19.3. The molecular weight excluding hydrogens is 554 g/mol. The molecular formula is C30H25ClF2N4O2S. The van der Waals surface area contributed by atoms with E-state index < -0.39 is 11.6 Å². The van der Waals surface area contributed by atoms with Crippen LogP contribution >= 0.6 is 22.9 Å². The lowest BCUT2D eigenvalue weighted by molar-refractivity contribution is 0.404. The molecule has 0 amide bonds. The highest BCUT2D eigenvalue weighted by Gasteiger charge is 2.16. The molecule has 0 unspecified atom stereocenters. The van der Waals surface area contributed by atoms with Crippen LogP contribution in [0.1, 0.15) is 17.0 Å². The normalized spacial score (nSPS) is 11.9. The van der Waals surface area contributed by atoms with Gasteiger partial charge in [-0.25, -0.2) is 18.4 Å². The van der Waals surface area contributed by atoms with Crippen molar-refractivity contribution in [2.45, 2.75) is 13.8 Å². The molecule has 0 fully saturated rings. The third-order valence-electron chi connectivity index (χ3n) is 6.36. The maximum Gasteiger partial charge on any atom is 0.211 e. The van der Waals surface area contributed by atoms with E-state index in [1.165, 1.54) is 23.5 Å². The van der Waals surface area contributed by atoms with Gasteiger partial charge in [-0.2, -0.15) is 5.10 Å². The van der Waals surface area contributed by atoms with E-state index in [-0.39, 0.29) is 5.69 Å². The van der Waals surface area contributed by atoms with Gasteiger partial charge in [0.2, 0.25) is 4.80 Å². The Kier molecular flexibility index (Phi) is 7.86. The van der Waals surface area contributed by atoms with Crippen molar-refractivity contribution in [3.05, 3.63) is 111 Å². The number of aromatic nitrogens is 2. The van der Waals surface area contributed by atoms with Crippen LogP contribution in [-0.2, 0) is 0 Å². The van der Waals surface area contributed by atoms with Gasteiger partial charge in [-0.3, -0.25) is 0 Å². The Labute approximate surface area is 239 Å². The van der Waals surface area contributed by atoms with Crippen LogP contribution in [0, 0.1) is 25.5 Å². The Morgan fingerprint density at radius 3 is 2.40 bits per heavy atom. The molecule has 5 aromatic rings. The zero-order chi connectivity index (χ0) is 28.4. The number of hydrogen-bond acceptors (Lipinski definition) is 5. The fraction of sp³-hybridized carbons (Fsp3) is 0.133. The van der Waals surface area contributed by atoms with Crippen LogP contribution in [0.25, 0.3) is 16.9 Å². The van der Waals surface area contributed by atoms with Crippen LogP contribution in [-0.4, -0.2) is 29.7 Å². The fourth-order valence-electron chi connectivity index (χ4n) is 4.39. The van der Waals surface area contributed by atoms with Crippen molar-refractivity contribution in [2.24, 2.45) is 10.1 Å². The summed E-state index contributed by atoms with van der Waals surface area (Å²) in [5.74, 6) is -0.211. The van der Waals surface area contributed by atoms with E-state index >= 15 is 0 Å². The zero-order valence-electron chi connectivity index (χ0n) is 22.2. The predicted octanol–water partition coefficient (Wildman–Crippen LogP) is 7.69. The van der Waals surface area contributed by atoms with Gasteiger partial charge in [0.1, 0.15) is 23.0 Å². The molecule has 0 radical (unpaired) electrons. The van der Waals surface area contributed by atoms with Gasteiger partial charge in [0.25, 0.3) is 0 Å². The highest BCUT2D eigenvalue weighted by Crippen LogP contribution is 2.34. The second-order valence-corrected chi connectivity index (χ2v) is 10.1. The lowest BCUT2D eigenvalue weighted by Crippen LogP contribution is -2.12. The van der Waals surface area contributed by atoms with E-state index in [9.17, 15) is 8.78 Å². The van der Waals surface area contributed by atoms with Gasteiger partial charge in [-0.05, 0) is 74.5 Å². The zero-order valence-corrected chi connectivity index (χ0v) is 23.7. The molecule has 40 heavy (non-hydrogen) atoms. The minimum absolute atomic E-state index is 0.00252. The number of methoxy groups -OCH3 is 2. The van der Waals surface area contributed by atoms with Crippen molar-refractivity contribution in [2.75, 3.05) is 14.2 Å². The van der Waals surface area contributed by atoms with Crippen molar-refractivity contribution in [1.82, 2.24) is 9.24 Å². The highest BCUT2D eigenvalue weighted by atomic mass is 35.5. The Hall–Kier alpha value is -4.21. The van der Waals surface area contributed by atoms with E-state index in [4.69, 9.17) is 26.2 Å². The SMILES string of the molecule is COc1ccc(OC)c(-c2csc(=Nc3ccc(F)cc3F)n2/N=C\c2cc(C)n(-c3ccc(Cl)cc3)c2C)c1. The quantitative estimate of drug-likeness (QED) is 0.186. The summed E-state index contributed by atoms with van der Waals surface area (Å²) in [6.45, 7) is 4.02. The average Bonchev–Trinajstić information content (AvgIpc) is 3.47. The van der Waals surface area contributed by atoms with Crippen LogP contribution in [0.15, 0.2) is 82.2 Å². The summed E-state index contributed by atoms with van der Waals surface area (Å²) < 4.78 is 42.8. The van der Waals surface area contributed by atoms with Crippen LogP contribution in [0.3, 0.4) is 0 Å². The Balaban J connectivity index is 1.67. The monoisotopic (exact) mass is 578 g/mol. The molecule has 204 valence electrons. The van der Waals surface area contributed by atoms with Crippen molar-refractivity contribution in [3.8, 4) is 28.4 Å². The Morgan fingerprint density at radius 2 is 1.70 bits per heavy atom. The third-order valence-corrected chi connectivity index (χ3v) is 7.43. The molecule has 0 N–H and O–H groups in total. The molecule has 2 heterocycles. The molecule has 0 aliphatic rings. The van der Waals surface area contributed by atoms with Crippen molar-refractivity contribution < 1.29 is 18.3 Å². The Morgan fingerprint density at radius 1 is 0.925 bits per heavy atom. The smallest absolute Gasteiger partial charge is 0.211 e. The molecule has 0 spiro atoms. The first-order valence-corrected chi connectivity index (χ1v) is 13.5. The second kappa shape index (κ2) is 11.5. The molecule has 0 aliphatic heterocycles. The van der Waals surface area contributed by atoms with Gasteiger partial charge >= 0.3 is 0 Å². The summed E-state index contributed by atoms with van der Waals surface area (Å²) in [6.07, 6.45) is 1.73. The molecule has 5 rings (SSSR count). The van der Waals surface area contributed by atoms with Crippen LogP contribution in [0.5, 0.6) is 11.5 Å². The van der Waals surface area contributed by atoms with E-state index in [2.05, 4.69) is 9.56 Å². The molecule has 0 atom stereocenters. The molecule has 0 saturated carbocycles. The fourth-order valence-corrected chi connectivity index (χ4v) is 5.36. The van der Waals surface area contributed by atoms with E-state index in [0.29, 0.717) is 32.6 Å². The van der Waals surface area contributed by atoms with E-state index in [1.807, 2.05) is 55.6 Å². The number of benzene rings is 3. The van der Waals surface area contributed by atoms with Gasteiger partial charge in [-0.1, -0.05) is 11.6 Å². The first kappa shape index (κ1) is 27.4. The molecule has 0 bridgehead atoms. The Bertz CT molecular complexity index is 1790. The van der Waals surface area contributed by atoms with E-state index in [1.54, 1.807) is 37.2 Å². The van der Waals surface area contributed by atoms with Crippen molar-refractivity contribution in [3.63, 3.8) is 0 Å². The second-order valence-electron chi connectivity index (χ2n) is 8.87. The van der Waals surface area contributed by atoms with Gasteiger partial charge in [0, 0.05) is 44.7 Å². The lowest BCUT2D eigenvalue weighted by atomic mass is 10.1. The van der Waals surface area contributed by atoms with Crippen molar-refractivity contribution >= 4 is 34.8 Å². The number of rotatable bonds is 7. The number of thiazole rings is 1. The van der Waals surface area contributed by atoms with Gasteiger partial charge in [0.05, 0.1) is 26.1 Å². The molecule has 6 nitrogen and oxygen atoms in total. The van der Waals surface area contributed by atoms with Crippen molar-refractivity contribution in [1.29, 1.82) is 0 Å². The lowest BCUT2D eigenvalue weighted by Gasteiger charge is -2.11. The van der Waals surface area contributed by atoms with Crippen LogP contribution < -0.4 is 14.3 Å². The molecule has 0 aliphatic carbocycles. The molecule has 10 heteroatoms. The number of hydrogen-bond donors (Lipinski definition) is 0. The minimum atomic E-state index is -0.768. The van der Waals surface area contributed by atoms with E-state index in [0.717, 1.165) is 28.7 Å². The summed E-state index contributed by atoms with van der Waals surface area (Å²) in [4.78, 5) is 4.86. The van der Waals surface area contributed by atoms with Gasteiger partial charge < -0.3 is 14.0 Å². The highest BCUT2D eigenvalue weighted by molar-refractivity contribution is 7.07. The number of nitrogens with zero attached hydrogens (tertiary/aromatic N) is 4. The average molecular weight is 579 g/mol. The summed E-state index contributed by atoms with van der Waals surface area (Å²) in [5.41, 5.74) is 5.22. The van der Waals surface area contributed by atoms with Gasteiger partial charge in [0.15, 0.2) is 5.82 Å². The first-order valence-electron chi connectivity index (χ1n) is 12.2. The predicted molar refractivity (Wildman–Crippen MR) is 156 cm³/mol. The molecule has 3 aromatic carbocycles. The molecule has 2 aromatic heterocycles. The standard InChI is InChI=1S/C30H25ClF2N4O2S/c1-18-13-20(19(2)36(18)23-8-5-21(31)6-9-23)16-34-37-28(25-15-24(38-3)10-12-29(25)39-4)17-40-30(37)35-27-11-7-22(32)14-26(27)33/h5-17H,1-4H3/b34-16-,35-30?. The number of halogens is 3. The summed E-state index contributed by atoms with van der Waals surface area (Å²) in [5, 5.41) is 7.31. The summed E-state index contributed by atoms with van der Waals surface area (Å²) >= 11 is 7.35. The van der Waals surface area contributed by atoms with Crippen LogP contribution in [0.4, 0.5) is 14.5 Å². The summed E-state index contributed by atoms with van der Waals surface area (Å²) in [6, 6.07) is 18.3. The minimum Gasteiger partial charge on any atom is -0.497 e. The number of ether oxygens (including phenoxy) is 2. The third kappa shape index (κ3) is 5.43. The number of aryl methyl sites for hydroxylation is 1. The largest absolute Gasteiger partial charge is 0.497 e. The topological polar surface area (TPSA) is 53.0 Å². The summed E-state index contributed by atoms with van der Waals surface area (Å²) in [7, 11) is 3.16.